The van der Waals surface area contributed by atoms with E-state index in [-0.39, 0.29) is 0 Å². The number of rotatable bonds is 4. The van der Waals surface area contributed by atoms with Gasteiger partial charge in [-0.15, -0.1) is 0 Å². The van der Waals surface area contributed by atoms with Crippen LogP contribution < -0.4 is 10.1 Å². The van der Waals surface area contributed by atoms with Crippen molar-refractivity contribution in [2.24, 2.45) is 0 Å². The van der Waals surface area contributed by atoms with Crippen molar-refractivity contribution in [2.75, 3.05) is 11.9 Å². The van der Waals surface area contributed by atoms with Crippen LogP contribution in [0, 0.1) is 0 Å². The van der Waals surface area contributed by atoms with Crippen LogP contribution in [0.4, 0.5) is 5.69 Å². The second-order valence-corrected chi connectivity index (χ2v) is 6.10. The second kappa shape index (κ2) is 6.49. The summed E-state index contributed by atoms with van der Waals surface area (Å²) < 4.78 is 11.6. The Balaban J connectivity index is 1.52. The van der Waals surface area contributed by atoms with E-state index in [1.54, 1.807) is 0 Å². The first-order chi connectivity index (χ1) is 9.79. The maximum absolute atomic E-state index is 5.99. The Kier molecular flexibility index (Phi) is 4.46. The SMILES string of the molecule is CC1CC(Nc2ccc(OC3CCCC3)cc2)CCO1. The molecule has 1 saturated carbocycles. The quantitative estimate of drug-likeness (QED) is 0.901. The molecule has 0 spiro atoms. The predicted molar refractivity (Wildman–Crippen MR) is 81.4 cm³/mol. The lowest BCUT2D eigenvalue weighted by molar-refractivity contribution is 0.0232. The lowest BCUT2D eigenvalue weighted by Crippen LogP contribution is -2.32. The third kappa shape index (κ3) is 3.66. The van der Waals surface area contributed by atoms with Crippen LogP contribution in [-0.2, 0) is 4.74 Å². The zero-order valence-electron chi connectivity index (χ0n) is 12.3. The van der Waals surface area contributed by atoms with Crippen LogP contribution in [0.25, 0.3) is 0 Å². The molecule has 3 rings (SSSR count). The monoisotopic (exact) mass is 275 g/mol. The van der Waals surface area contributed by atoms with Crippen LogP contribution >= 0.6 is 0 Å². The highest BCUT2D eigenvalue weighted by molar-refractivity contribution is 5.47. The van der Waals surface area contributed by atoms with Gasteiger partial charge in [0.05, 0.1) is 12.2 Å². The summed E-state index contributed by atoms with van der Waals surface area (Å²) in [4.78, 5) is 0. The van der Waals surface area contributed by atoms with Crippen molar-refractivity contribution in [2.45, 2.75) is 63.7 Å². The smallest absolute Gasteiger partial charge is 0.119 e. The molecule has 1 heterocycles. The first-order valence-corrected chi connectivity index (χ1v) is 7.94. The fourth-order valence-corrected chi connectivity index (χ4v) is 3.19. The summed E-state index contributed by atoms with van der Waals surface area (Å²) in [6, 6.07) is 8.96. The van der Waals surface area contributed by atoms with Gasteiger partial charge in [0.25, 0.3) is 0 Å². The van der Waals surface area contributed by atoms with Gasteiger partial charge in [0.2, 0.25) is 0 Å². The van der Waals surface area contributed by atoms with Crippen LogP contribution in [0.1, 0.15) is 45.4 Å². The molecule has 0 aromatic heterocycles. The minimum Gasteiger partial charge on any atom is -0.490 e. The largest absolute Gasteiger partial charge is 0.490 e. The first kappa shape index (κ1) is 13.7. The average molecular weight is 275 g/mol. The van der Waals surface area contributed by atoms with E-state index >= 15 is 0 Å². The molecule has 2 fully saturated rings. The van der Waals surface area contributed by atoms with E-state index in [1.807, 2.05) is 0 Å². The molecule has 1 aromatic carbocycles. The fourth-order valence-electron chi connectivity index (χ4n) is 3.19. The Morgan fingerprint density at radius 1 is 1.10 bits per heavy atom. The van der Waals surface area contributed by atoms with Gasteiger partial charge in [0, 0.05) is 18.3 Å². The summed E-state index contributed by atoms with van der Waals surface area (Å²) in [5, 5.41) is 3.60. The standard InChI is InChI=1S/C17H25NO2/c1-13-12-15(10-11-19-13)18-14-6-8-17(9-7-14)20-16-4-2-3-5-16/h6-9,13,15-16,18H,2-5,10-12H2,1H3. The Morgan fingerprint density at radius 2 is 1.85 bits per heavy atom. The topological polar surface area (TPSA) is 30.5 Å². The molecule has 1 aliphatic carbocycles. The molecule has 1 aliphatic heterocycles. The van der Waals surface area contributed by atoms with Gasteiger partial charge in [-0.1, -0.05) is 0 Å². The second-order valence-electron chi connectivity index (χ2n) is 6.10. The van der Waals surface area contributed by atoms with E-state index in [9.17, 15) is 0 Å². The third-order valence-electron chi connectivity index (χ3n) is 4.32. The molecule has 3 heteroatoms. The average Bonchev–Trinajstić information content (AvgIpc) is 2.94. The molecular weight excluding hydrogens is 250 g/mol. The molecule has 0 radical (unpaired) electrons. The van der Waals surface area contributed by atoms with E-state index in [1.165, 1.54) is 31.4 Å². The third-order valence-corrected chi connectivity index (χ3v) is 4.32. The summed E-state index contributed by atoms with van der Waals surface area (Å²) in [5.74, 6) is 1.00. The van der Waals surface area contributed by atoms with Crippen molar-refractivity contribution in [3.63, 3.8) is 0 Å². The molecule has 2 aliphatic rings. The molecule has 1 aromatic rings. The van der Waals surface area contributed by atoms with Crippen LogP contribution in [0.15, 0.2) is 24.3 Å². The van der Waals surface area contributed by atoms with Crippen molar-refractivity contribution >= 4 is 5.69 Å². The van der Waals surface area contributed by atoms with E-state index in [0.717, 1.165) is 25.2 Å². The summed E-state index contributed by atoms with van der Waals surface area (Å²) in [6.07, 6.45) is 8.01. The molecule has 3 nitrogen and oxygen atoms in total. The fraction of sp³-hybridized carbons (Fsp3) is 0.647. The van der Waals surface area contributed by atoms with Crippen molar-refractivity contribution in [1.29, 1.82) is 0 Å². The Labute approximate surface area is 121 Å². The molecule has 110 valence electrons. The van der Waals surface area contributed by atoms with Crippen LogP contribution in [-0.4, -0.2) is 24.9 Å². The van der Waals surface area contributed by atoms with E-state index in [4.69, 9.17) is 9.47 Å². The maximum atomic E-state index is 5.99. The number of ether oxygens (including phenoxy) is 2. The predicted octanol–water partition coefficient (Wildman–Crippen LogP) is 3.99. The summed E-state index contributed by atoms with van der Waals surface area (Å²) in [6.45, 7) is 3.01. The van der Waals surface area contributed by atoms with Gasteiger partial charge < -0.3 is 14.8 Å². The number of hydrogen-bond acceptors (Lipinski definition) is 3. The lowest BCUT2D eigenvalue weighted by atomic mass is 10.0. The van der Waals surface area contributed by atoms with Gasteiger partial charge in [0.15, 0.2) is 0 Å². The van der Waals surface area contributed by atoms with Gasteiger partial charge in [-0.05, 0) is 69.7 Å². The Bertz CT molecular complexity index is 412. The van der Waals surface area contributed by atoms with Crippen molar-refractivity contribution in [3.05, 3.63) is 24.3 Å². The number of nitrogens with one attached hydrogen (secondary N) is 1. The lowest BCUT2D eigenvalue weighted by Gasteiger charge is -2.28. The van der Waals surface area contributed by atoms with Gasteiger partial charge in [-0.25, -0.2) is 0 Å². The molecule has 2 atom stereocenters. The van der Waals surface area contributed by atoms with Crippen molar-refractivity contribution in [3.8, 4) is 5.75 Å². The zero-order valence-corrected chi connectivity index (χ0v) is 12.3. The molecule has 0 bridgehead atoms. The minimum atomic E-state index is 0.367. The van der Waals surface area contributed by atoms with Crippen LogP contribution in [0.2, 0.25) is 0 Å². The van der Waals surface area contributed by atoms with E-state index in [0.29, 0.717) is 18.2 Å². The molecule has 0 amide bonds. The molecule has 2 unspecified atom stereocenters. The highest BCUT2D eigenvalue weighted by atomic mass is 16.5. The number of hydrogen-bond donors (Lipinski definition) is 1. The summed E-state index contributed by atoms with van der Waals surface area (Å²) in [5.41, 5.74) is 1.18. The maximum Gasteiger partial charge on any atom is 0.119 e. The molecule has 1 N–H and O–H groups in total. The van der Waals surface area contributed by atoms with Crippen LogP contribution in [0.3, 0.4) is 0 Å². The summed E-state index contributed by atoms with van der Waals surface area (Å²) in [7, 11) is 0. The number of anilines is 1. The van der Waals surface area contributed by atoms with Gasteiger partial charge >= 0.3 is 0 Å². The normalized spacial score (nSPS) is 27.4. The highest BCUT2D eigenvalue weighted by Gasteiger charge is 2.19. The van der Waals surface area contributed by atoms with Crippen molar-refractivity contribution in [1.82, 2.24) is 0 Å². The van der Waals surface area contributed by atoms with Gasteiger partial charge in [-0.3, -0.25) is 0 Å². The number of benzene rings is 1. The molecule has 1 saturated heterocycles. The van der Waals surface area contributed by atoms with Crippen LogP contribution in [0.5, 0.6) is 5.75 Å². The first-order valence-electron chi connectivity index (χ1n) is 7.94. The molecule has 20 heavy (non-hydrogen) atoms. The van der Waals surface area contributed by atoms with E-state index < -0.39 is 0 Å². The Morgan fingerprint density at radius 3 is 2.55 bits per heavy atom. The zero-order chi connectivity index (χ0) is 13.8. The van der Waals surface area contributed by atoms with Gasteiger partial charge in [-0.2, -0.15) is 0 Å². The summed E-state index contributed by atoms with van der Waals surface area (Å²) >= 11 is 0. The highest BCUT2D eigenvalue weighted by Crippen LogP contribution is 2.26. The van der Waals surface area contributed by atoms with E-state index in [2.05, 4.69) is 36.5 Å². The Hall–Kier alpha value is -1.22. The van der Waals surface area contributed by atoms with Gasteiger partial charge in [0.1, 0.15) is 5.75 Å². The molecular formula is C17H25NO2. The minimum absolute atomic E-state index is 0.367. The van der Waals surface area contributed by atoms with Crippen molar-refractivity contribution < 1.29 is 9.47 Å².